The molecule has 110 valence electrons. The molecule has 0 unspecified atom stereocenters. The Labute approximate surface area is 132 Å². The van der Waals surface area contributed by atoms with Crippen LogP contribution in [0.2, 0.25) is 10.0 Å². The lowest BCUT2D eigenvalue weighted by molar-refractivity contribution is 0.251. The SMILES string of the molecule is Cc1ccc(CNC(=O)Nc2ccc(F)c(Cl)c2)cc1Cl. The van der Waals surface area contributed by atoms with E-state index in [4.69, 9.17) is 23.2 Å². The van der Waals surface area contributed by atoms with Crippen molar-refractivity contribution < 1.29 is 9.18 Å². The van der Waals surface area contributed by atoms with E-state index < -0.39 is 11.8 Å². The predicted octanol–water partition coefficient (Wildman–Crippen LogP) is 4.76. The molecular formula is C15H13Cl2FN2O. The number of halogens is 3. The van der Waals surface area contributed by atoms with Gasteiger partial charge >= 0.3 is 6.03 Å². The first-order valence-electron chi connectivity index (χ1n) is 6.20. The van der Waals surface area contributed by atoms with Crippen LogP contribution in [0.4, 0.5) is 14.9 Å². The number of hydrogen-bond acceptors (Lipinski definition) is 1. The van der Waals surface area contributed by atoms with Gasteiger partial charge in [0.2, 0.25) is 0 Å². The Morgan fingerprint density at radius 2 is 1.90 bits per heavy atom. The molecule has 0 radical (unpaired) electrons. The molecule has 0 bridgehead atoms. The summed E-state index contributed by atoms with van der Waals surface area (Å²) in [4.78, 5) is 11.7. The number of amides is 2. The molecule has 0 atom stereocenters. The number of rotatable bonds is 3. The molecule has 0 aromatic heterocycles. The second-order valence-electron chi connectivity index (χ2n) is 4.52. The molecule has 3 nitrogen and oxygen atoms in total. The van der Waals surface area contributed by atoms with Gasteiger partial charge in [-0.15, -0.1) is 0 Å². The quantitative estimate of drug-likeness (QED) is 0.838. The molecule has 2 amide bonds. The average Bonchev–Trinajstić information content (AvgIpc) is 2.44. The van der Waals surface area contributed by atoms with Gasteiger partial charge in [-0.05, 0) is 42.3 Å². The summed E-state index contributed by atoms with van der Waals surface area (Å²) >= 11 is 11.7. The van der Waals surface area contributed by atoms with E-state index in [1.807, 2.05) is 19.1 Å². The monoisotopic (exact) mass is 326 g/mol. The van der Waals surface area contributed by atoms with Crippen molar-refractivity contribution in [2.75, 3.05) is 5.32 Å². The van der Waals surface area contributed by atoms with Crippen molar-refractivity contribution in [3.63, 3.8) is 0 Å². The van der Waals surface area contributed by atoms with Crippen molar-refractivity contribution in [2.45, 2.75) is 13.5 Å². The molecule has 0 saturated heterocycles. The Morgan fingerprint density at radius 3 is 2.57 bits per heavy atom. The molecule has 2 N–H and O–H groups in total. The van der Waals surface area contributed by atoms with E-state index >= 15 is 0 Å². The summed E-state index contributed by atoms with van der Waals surface area (Å²) in [5.41, 5.74) is 2.28. The fourth-order valence-corrected chi connectivity index (χ4v) is 2.06. The number of benzene rings is 2. The molecule has 0 fully saturated rings. The minimum atomic E-state index is -0.531. The molecular weight excluding hydrogens is 314 g/mol. The Bertz CT molecular complexity index is 677. The van der Waals surface area contributed by atoms with E-state index in [1.54, 1.807) is 6.07 Å². The van der Waals surface area contributed by atoms with Crippen LogP contribution in [0, 0.1) is 12.7 Å². The third-order valence-electron chi connectivity index (χ3n) is 2.87. The van der Waals surface area contributed by atoms with E-state index in [9.17, 15) is 9.18 Å². The zero-order valence-electron chi connectivity index (χ0n) is 11.2. The van der Waals surface area contributed by atoms with Gasteiger partial charge in [0.05, 0.1) is 5.02 Å². The molecule has 2 aromatic carbocycles. The molecule has 21 heavy (non-hydrogen) atoms. The van der Waals surface area contributed by atoms with Gasteiger partial charge in [0.1, 0.15) is 5.82 Å². The van der Waals surface area contributed by atoms with E-state index in [0.29, 0.717) is 17.3 Å². The molecule has 0 heterocycles. The predicted molar refractivity (Wildman–Crippen MR) is 83.5 cm³/mol. The summed E-state index contributed by atoms with van der Waals surface area (Å²) in [7, 11) is 0. The van der Waals surface area contributed by atoms with Crippen molar-refractivity contribution in [3.8, 4) is 0 Å². The summed E-state index contributed by atoms with van der Waals surface area (Å²) < 4.78 is 13.0. The molecule has 0 aliphatic carbocycles. The van der Waals surface area contributed by atoms with Gasteiger partial charge in [0.25, 0.3) is 0 Å². The Balaban J connectivity index is 1.92. The van der Waals surface area contributed by atoms with Crippen molar-refractivity contribution in [1.29, 1.82) is 0 Å². The van der Waals surface area contributed by atoms with E-state index in [0.717, 1.165) is 11.1 Å². The molecule has 6 heteroatoms. The van der Waals surface area contributed by atoms with Crippen molar-refractivity contribution in [2.24, 2.45) is 0 Å². The summed E-state index contributed by atoms with van der Waals surface area (Å²) in [6, 6.07) is 9.13. The van der Waals surface area contributed by atoms with Crippen LogP contribution in [-0.4, -0.2) is 6.03 Å². The second-order valence-corrected chi connectivity index (χ2v) is 5.33. The van der Waals surface area contributed by atoms with Crippen LogP contribution in [0.25, 0.3) is 0 Å². The van der Waals surface area contributed by atoms with Crippen LogP contribution in [0.3, 0.4) is 0 Å². The zero-order valence-corrected chi connectivity index (χ0v) is 12.7. The van der Waals surface area contributed by atoms with Gasteiger partial charge in [-0.2, -0.15) is 0 Å². The largest absolute Gasteiger partial charge is 0.334 e. The van der Waals surface area contributed by atoms with Gasteiger partial charge in [0, 0.05) is 17.3 Å². The summed E-state index contributed by atoms with van der Waals surface area (Å²) in [5.74, 6) is -0.531. The lowest BCUT2D eigenvalue weighted by Gasteiger charge is -2.09. The molecule has 0 aliphatic heterocycles. The van der Waals surface area contributed by atoms with Gasteiger partial charge in [-0.25, -0.2) is 9.18 Å². The highest BCUT2D eigenvalue weighted by Crippen LogP contribution is 2.19. The van der Waals surface area contributed by atoms with Crippen LogP contribution in [0.1, 0.15) is 11.1 Å². The van der Waals surface area contributed by atoms with Crippen LogP contribution >= 0.6 is 23.2 Å². The van der Waals surface area contributed by atoms with Gasteiger partial charge in [0.15, 0.2) is 0 Å². The van der Waals surface area contributed by atoms with Gasteiger partial charge in [-0.1, -0.05) is 35.3 Å². The zero-order chi connectivity index (χ0) is 15.4. The van der Waals surface area contributed by atoms with E-state index in [-0.39, 0.29) is 5.02 Å². The number of anilines is 1. The second kappa shape index (κ2) is 6.78. The van der Waals surface area contributed by atoms with Crippen molar-refractivity contribution >= 4 is 34.9 Å². The smallest absolute Gasteiger partial charge is 0.319 e. The van der Waals surface area contributed by atoms with Crippen molar-refractivity contribution in [1.82, 2.24) is 5.32 Å². The molecule has 2 aromatic rings. The van der Waals surface area contributed by atoms with Gasteiger partial charge < -0.3 is 10.6 Å². The maximum atomic E-state index is 13.0. The third kappa shape index (κ3) is 4.34. The topological polar surface area (TPSA) is 41.1 Å². The van der Waals surface area contributed by atoms with Crippen LogP contribution in [0.5, 0.6) is 0 Å². The number of nitrogens with one attached hydrogen (secondary N) is 2. The minimum Gasteiger partial charge on any atom is -0.334 e. The van der Waals surface area contributed by atoms with Crippen molar-refractivity contribution in [3.05, 3.63) is 63.4 Å². The summed E-state index contributed by atoms with van der Waals surface area (Å²) in [6.07, 6.45) is 0. The minimum absolute atomic E-state index is 0.0434. The lowest BCUT2D eigenvalue weighted by Crippen LogP contribution is -2.28. The highest BCUT2D eigenvalue weighted by Gasteiger charge is 2.05. The highest BCUT2D eigenvalue weighted by atomic mass is 35.5. The average molecular weight is 327 g/mol. The van der Waals surface area contributed by atoms with Gasteiger partial charge in [-0.3, -0.25) is 0 Å². The molecule has 0 aliphatic rings. The fourth-order valence-electron chi connectivity index (χ4n) is 1.68. The molecule has 2 rings (SSSR count). The van der Waals surface area contributed by atoms with Crippen LogP contribution in [0.15, 0.2) is 36.4 Å². The Kier molecular flexibility index (Phi) is 5.04. The summed E-state index contributed by atoms with van der Waals surface area (Å²) in [6.45, 7) is 2.24. The maximum Gasteiger partial charge on any atom is 0.319 e. The standard InChI is InChI=1S/C15H13Cl2FN2O/c1-9-2-3-10(6-12(9)16)8-19-15(21)20-11-4-5-14(18)13(17)7-11/h2-7H,8H2,1H3,(H2,19,20,21). The number of carbonyl (C=O) groups is 1. The number of carbonyl (C=O) groups excluding carboxylic acids is 1. The molecule has 0 spiro atoms. The normalized spacial score (nSPS) is 10.3. The molecule has 0 saturated carbocycles. The third-order valence-corrected chi connectivity index (χ3v) is 3.56. The van der Waals surface area contributed by atoms with Crippen LogP contribution in [-0.2, 0) is 6.54 Å². The number of urea groups is 1. The fraction of sp³-hybridized carbons (Fsp3) is 0.133. The first-order chi connectivity index (χ1) is 9.95. The Hall–Kier alpha value is -1.78. The number of aryl methyl sites for hydroxylation is 1. The maximum absolute atomic E-state index is 13.0. The first-order valence-corrected chi connectivity index (χ1v) is 6.96. The number of hydrogen-bond donors (Lipinski definition) is 2. The van der Waals surface area contributed by atoms with E-state index in [1.165, 1.54) is 18.2 Å². The summed E-state index contributed by atoms with van der Waals surface area (Å²) in [5, 5.41) is 5.86. The highest BCUT2D eigenvalue weighted by molar-refractivity contribution is 6.31. The van der Waals surface area contributed by atoms with Crippen LogP contribution < -0.4 is 10.6 Å². The first kappa shape index (κ1) is 15.6. The lowest BCUT2D eigenvalue weighted by atomic mass is 10.1. The Morgan fingerprint density at radius 1 is 1.14 bits per heavy atom. The van der Waals surface area contributed by atoms with E-state index in [2.05, 4.69) is 10.6 Å².